The lowest BCUT2D eigenvalue weighted by Crippen LogP contribution is -2.47. The van der Waals surface area contributed by atoms with Gasteiger partial charge in [0.15, 0.2) is 0 Å². The third-order valence-corrected chi connectivity index (χ3v) is 6.11. The molecular formula is C19H31NO6. The molecule has 7 nitrogen and oxygen atoms in total. The quantitative estimate of drug-likeness (QED) is 0.575. The maximum atomic E-state index is 13.0. The van der Waals surface area contributed by atoms with Crippen LogP contribution in [0.5, 0.6) is 0 Å². The Labute approximate surface area is 154 Å². The van der Waals surface area contributed by atoms with Gasteiger partial charge in [-0.1, -0.05) is 12.8 Å². The maximum absolute atomic E-state index is 13.0. The van der Waals surface area contributed by atoms with Gasteiger partial charge in [0.1, 0.15) is 0 Å². The molecular weight excluding hydrogens is 338 g/mol. The van der Waals surface area contributed by atoms with E-state index in [1.54, 1.807) is 7.11 Å². The Kier molecular flexibility index (Phi) is 7.43. The summed E-state index contributed by atoms with van der Waals surface area (Å²) in [6.45, 7) is 0.369. The van der Waals surface area contributed by atoms with Gasteiger partial charge in [-0.2, -0.15) is 0 Å². The Morgan fingerprint density at radius 3 is 2.23 bits per heavy atom. The molecule has 2 aliphatic rings. The lowest BCUT2D eigenvalue weighted by atomic mass is 9.75. The number of ether oxygens (including phenoxy) is 1. The Morgan fingerprint density at radius 2 is 1.73 bits per heavy atom. The molecule has 148 valence electrons. The van der Waals surface area contributed by atoms with E-state index in [1.807, 2.05) is 0 Å². The number of carbonyl (C=O) groups excluding carboxylic acids is 1. The molecule has 0 aromatic carbocycles. The van der Waals surface area contributed by atoms with Crippen LogP contribution >= 0.6 is 0 Å². The number of hydrogen-bond acceptors (Lipinski definition) is 4. The minimum absolute atomic E-state index is 0.00201. The number of carbonyl (C=O) groups is 3. The highest BCUT2D eigenvalue weighted by atomic mass is 16.5. The molecule has 7 heteroatoms. The minimum atomic E-state index is -0.872. The number of amides is 1. The number of nitrogens with one attached hydrogen (secondary N) is 1. The van der Waals surface area contributed by atoms with E-state index < -0.39 is 23.3 Å². The number of methoxy groups -OCH3 is 1. The fraction of sp³-hybridized carbons (Fsp3) is 0.842. The van der Waals surface area contributed by atoms with Crippen molar-refractivity contribution in [3.05, 3.63) is 0 Å². The summed E-state index contributed by atoms with van der Waals surface area (Å²) in [4.78, 5) is 35.7. The van der Waals surface area contributed by atoms with Gasteiger partial charge in [0, 0.05) is 19.8 Å². The number of aliphatic carboxylic acids is 2. The van der Waals surface area contributed by atoms with E-state index in [-0.39, 0.29) is 17.9 Å². The van der Waals surface area contributed by atoms with Gasteiger partial charge in [-0.05, 0) is 51.4 Å². The molecule has 0 bridgehead atoms. The summed E-state index contributed by atoms with van der Waals surface area (Å²) in [6, 6.07) is -0.00201. The smallest absolute Gasteiger partial charge is 0.306 e. The molecule has 2 fully saturated rings. The Bertz CT molecular complexity index is 506. The molecule has 2 saturated carbocycles. The van der Waals surface area contributed by atoms with E-state index in [4.69, 9.17) is 9.84 Å². The summed E-state index contributed by atoms with van der Waals surface area (Å²) < 4.78 is 5.02. The van der Waals surface area contributed by atoms with Crippen molar-refractivity contribution in [2.45, 2.75) is 70.3 Å². The first-order valence-corrected chi connectivity index (χ1v) is 9.63. The average molecular weight is 369 g/mol. The topological polar surface area (TPSA) is 113 Å². The van der Waals surface area contributed by atoms with Gasteiger partial charge >= 0.3 is 11.9 Å². The van der Waals surface area contributed by atoms with Crippen molar-refractivity contribution in [2.24, 2.45) is 17.3 Å². The van der Waals surface area contributed by atoms with Crippen LogP contribution in [0.2, 0.25) is 0 Å². The van der Waals surface area contributed by atoms with Crippen molar-refractivity contribution in [3.63, 3.8) is 0 Å². The van der Waals surface area contributed by atoms with Crippen LogP contribution in [0.1, 0.15) is 64.2 Å². The second-order valence-corrected chi connectivity index (χ2v) is 7.87. The zero-order chi connectivity index (χ0) is 19.2. The summed E-state index contributed by atoms with van der Waals surface area (Å²) in [5, 5.41) is 21.7. The molecule has 3 N–H and O–H groups in total. The summed E-state index contributed by atoms with van der Waals surface area (Å²) >= 11 is 0. The van der Waals surface area contributed by atoms with E-state index in [1.165, 1.54) is 0 Å². The fourth-order valence-electron chi connectivity index (χ4n) is 4.44. The summed E-state index contributed by atoms with van der Waals surface area (Å²) in [5.41, 5.74) is -0.611. The highest BCUT2D eigenvalue weighted by Gasteiger charge is 2.44. The van der Waals surface area contributed by atoms with Crippen LogP contribution in [0.25, 0.3) is 0 Å². The van der Waals surface area contributed by atoms with E-state index in [9.17, 15) is 19.5 Å². The van der Waals surface area contributed by atoms with Crippen molar-refractivity contribution in [2.75, 3.05) is 13.7 Å². The van der Waals surface area contributed by atoms with Crippen molar-refractivity contribution in [3.8, 4) is 0 Å². The first kappa shape index (κ1) is 20.7. The van der Waals surface area contributed by atoms with Crippen molar-refractivity contribution < 1.29 is 29.3 Å². The Morgan fingerprint density at radius 1 is 1.12 bits per heavy atom. The Hall–Kier alpha value is -1.63. The van der Waals surface area contributed by atoms with E-state index in [0.29, 0.717) is 45.1 Å². The lowest BCUT2D eigenvalue weighted by Gasteiger charge is -2.34. The third-order valence-electron chi connectivity index (χ3n) is 6.11. The molecule has 26 heavy (non-hydrogen) atoms. The van der Waals surface area contributed by atoms with Crippen molar-refractivity contribution >= 4 is 17.8 Å². The molecule has 0 aromatic heterocycles. The molecule has 1 amide bonds. The zero-order valence-electron chi connectivity index (χ0n) is 15.5. The van der Waals surface area contributed by atoms with Crippen LogP contribution < -0.4 is 5.32 Å². The van der Waals surface area contributed by atoms with Crippen LogP contribution in [0.15, 0.2) is 0 Å². The maximum Gasteiger partial charge on any atom is 0.306 e. The highest BCUT2D eigenvalue weighted by molar-refractivity contribution is 5.84. The predicted molar refractivity (Wildman–Crippen MR) is 94.7 cm³/mol. The first-order valence-electron chi connectivity index (χ1n) is 9.63. The molecule has 2 rings (SSSR count). The molecule has 1 atom stereocenters. The second-order valence-electron chi connectivity index (χ2n) is 7.87. The van der Waals surface area contributed by atoms with E-state index >= 15 is 0 Å². The second kappa shape index (κ2) is 9.35. The molecule has 2 aliphatic carbocycles. The third kappa shape index (κ3) is 5.19. The van der Waals surface area contributed by atoms with Gasteiger partial charge in [-0.3, -0.25) is 14.4 Å². The van der Waals surface area contributed by atoms with Gasteiger partial charge < -0.3 is 20.3 Å². The SMILES string of the molecule is COCCC(CC1(C(=O)NC2CCC(C(=O)O)CC2)CCCC1)C(=O)O. The van der Waals surface area contributed by atoms with Gasteiger partial charge in [0.2, 0.25) is 5.91 Å². The Balaban J connectivity index is 1.98. The van der Waals surface area contributed by atoms with Gasteiger partial charge in [0.05, 0.1) is 17.3 Å². The van der Waals surface area contributed by atoms with E-state index in [0.717, 1.165) is 25.7 Å². The molecule has 0 radical (unpaired) electrons. The van der Waals surface area contributed by atoms with Crippen LogP contribution in [-0.2, 0) is 19.1 Å². The number of rotatable bonds is 9. The standard InChI is InChI=1S/C19H31NO6/c1-26-11-8-14(17(23)24)12-19(9-2-3-10-19)18(25)20-15-6-4-13(5-7-15)16(21)22/h13-15H,2-12H2,1H3,(H,20,25)(H,21,22)(H,23,24). The molecule has 0 spiro atoms. The average Bonchev–Trinajstić information content (AvgIpc) is 3.08. The van der Waals surface area contributed by atoms with E-state index in [2.05, 4.69) is 5.32 Å². The molecule has 0 heterocycles. The van der Waals surface area contributed by atoms with Gasteiger partial charge in [-0.25, -0.2) is 0 Å². The van der Waals surface area contributed by atoms with Crippen molar-refractivity contribution in [1.29, 1.82) is 0 Å². The lowest BCUT2D eigenvalue weighted by molar-refractivity contribution is -0.145. The predicted octanol–water partition coefficient (Wildman–Crippen LogP) is 2.43. The molecule has 0 aliphatic heterocycles. The first-order chi connectivity index (χ1) is 12.4. The van der Waals surface area contributed by atoms with Gasteiger partial charge in [0.25, 0.3) is 0 Å². The van der Waals surface area contributed by atoms with Crippen LogP contribution in [-0.4, -0.2) is 47.8 Å². The number of carboxylic acid groups (broad SMARTS) is 2. The minimum Gasteiger partial charge on any atom is -0.481 e. The summed E-state index contributed by atoms with van der Waals surface area (Å²) in [6.07, 6.45) is 6.59. The van der Waals surface area contributed by atoms with Crippen LogP contribution in [0.3, 0.4) is 0 Å². The highest BCUT2D eigenvalue weighted by Crippen LogP contribution is 2.44. The normalized spacial score (nSPS) is 26.2. The van der Waals surface area contributed by atoms with Gasteiger partial charge in [-0.15, -0.1) is 0 Å². The largest absolute Gasteiger partial charge is 0.481 e. The number of carboxylic acids is 2. The van der Waals surface area contributed by atoms with Crippen LogP contribution in [0, 0.1) is 17.3 Å². The van der Waals surface area contributed by atoms with Crippen molar-refractivity contribution in [1.82, 2.24) is 5.32 Å². The monoisotopic (exact) mass is 369 g/mol. The molecule has 0 saturated heterocycles. The fourth-order valence-corrected chi connectivity index (χ4v) is 4.44. The molecule has 1 unspecified atom stereocenters. The number of hydrogen-bond donors (Lipinski definition) is 3. The molecule has 0 aromatic rings. The zero-order valence-corrected chi connectivity index (χ0v) is 15.5. The summed E-state index contributed by atoms with van der Waals surface area (Å²) in [5.74, 6) is -2.57. The summed E-state index contributed by atoms with van der Waals surface area (Å²) in [7, 11) is 1.55. The van der Waals surface area contributed by atoms with Crippen LogP contribution in [0.4, 0.5) is 0 Å².